The molecule has 1 atom stereocenters. The van der Waals surface area contributed by atoms with Crippen LogP contribution in [0.2, 0.25) is 0 Å². The van der Waals surface area contributed by atoms with Gasteiger partial charge in [-0.2, -0.15) is 0 Å². The van der Waals surface area contributed by atoms with Crippen molar-refractivity contribution in [1.82, 2.24) is 5.32 Å². The van der Waals surface area contributed by atoms with Crippen LogP contribution in [0.15, 0.2) is 0 Å². The maximum Gasteiger partial charge on any atom is 0.223 e. The fraction of sp³-hybridized carbons (Fsp3) is 0.923. The first kappa shape index (κ1) is 13.5. The number of hydrogen-bond donors (Lipinski definition) is 2. The molecule has 0 radical (unpaired) electrons. The van der Waals surface area contributed by atoms with Crippen LogP contribution in [-0.4, -0.2) is 24.2 Å². The van der Waals surface area contributed by atoms with Gasteiger partial charge in [0.2, 0.25) is 5.91 Å². The van der Waals surface area contributed by atoms with Crippen molar-refractivity contribution < 1.29 is 9.90 Å². The number of carbonyl (C=O) groups excluding carboxylic acids is 1. The molecule has 0 bridgehead atoms. The van der Waals surface area contributed by atoms with Gasteiger partial charge in [0.1, 0.15) is 0 Å². The zero-order valence-corrected chi connectivity index (χ0v) is 10.8. The van der Waals surface area contributed by atoms with Crippen molar-refractivity contribution in [2.75, 3.05) is 13.2 Å². The first-order valence-electron chi connectivity index (χ1n) is 6.33. The van der Waals surface area contributed by atoms with Crippen molar-refractivity contribution in [1.29, 1.82) is 0 Å². The van der Waals surface area contributed by atoms with E-state index in [1.54, 1.807) is 0 Å². The molecule has 0 heterocycles. The molecule has 1 aliphatic carbocycles. The number of nitrogens with one attached hydrogen (secondary N) is 1. The molecule has 0 aromatic heterocycles. The lowest BCUT2D eigenvalue weighted by atomic mass is 9.73. The summed E-state index contributed by atoms with van der Waals surface area (Å²) in [5, 5.41) is 11.8. The van der Waals surface area contributed by atoms with Crippen molar-refractivity contribution in [2.45, 2.75) is 46.5 Å². The van der Waals surface area contributed by atoms with E-state index in [1.807, 2.05) is 6.92 Å². The Labute approximate surface area is 98.6 Å². The van der Waals surface area contributed by atoms with Gasteiger partial charge in [-0.1, -0.05) is 20.8 Å². The van der Waals surface area contributed by atoms with Crippen molar-refractivity contribution in [2.24, 2.45) is 17.3 Å². The molecule has 1 fully saturated rings. The summed E-state index contributed by atoms with van der Waals surface area (Å²) in [5.41, 5.74) is 0.412. The van der Waals surface area contributed by atoms with Gasteiger partial charge in [-0.3, -0.25) is 4.79 Å². The molecule has 0 aromatic rings. The van der Waals surface area contributed by atoms with Gasteiger partial charge in [0.05, 0.1) is 0 Å². The maximum atomic E-state index is 11.8. The number of amides is 1. The lowest BCUT2D eigenvalue weighted by Gasteiger charge is -2.33. The molecular weight excluding hydrogens is 202 g/mol. The van der Waals surface area contributed by atoms with E-state index in [1.165, 1.54) is 0 Å². The fourth-order valence-electron chi connectivity index (χ4n) is 2.15. The second kappa shape index (κ2) is 5.67. The summed E-state index contributed by atoms with van der Waals surface area (Å²) >= 11 is 0. The molecular formula is C13H25NO2. The molecule has 0 aliphatic heterocycles. The van der Waals surface area contributed by atoms with Gasteiger partial charge in [-0.15, -0.1) is 0 Å². The molecule has 1 rings (SSSR count). The van der Waals surface area contributed by atoms with Crippen molar-refractivity contribution in [3.8, 4) is 0 Å². The van der Waals surface area contributed by atoms with Crippen LogP contribution in [0.25, 0.3) is 0 Å². The Kier molecular flexibility index (Phi) is 4.78. The first-order valence-corrected chi connectivity index (χ1v) is 6.33. The zero-order chi connectivity index (χ0) is 12.2. The average Bonchev–Trinajstić information content (AvgIpc) is 2.25. The van der Waals surface area contributed by atoms with Crippen molar-refractivity contribution >= 4 is 5.91 Å². The standard InChI is InChI=1S/C13H25NO2/c1-10(9-15)8-14-12(16)11-4-6-13(2,3)7-5-11/h10-11,15H,4-9H2,1-3H3,(H,14,16). The molecule has 2 N–H and O–H groups in total. The van der Waals surface area contributed by atoms with Crippen LogP contribution in [0.1, 0.15) is 46.5 Å². The molecule has 0 aromatic carbocycles. The minimum atomic E-state index is 0.137. The molecule has 1 amide bonds. The lowest BCUT2D eigenvalue weighted by molar-refractivity contribution is -0.126. The van der Waals surface area contributed by atoms with Gasteiger partial charge < -0.3 is 10.4 Å². The Balaban J connectivity index is 2.28. The van der Waals surface area contributed by atoms with Crippen molar-refractivity contribution in [3.05, 3.63) is 0 Å². The van der Waals surface area contributed by atoms with Gasteiger partial charge >= 0.3 is 0 Å². The molecule has 0 saturated heterocycles. The van der Waals surface area contributed by atoms with Gasteiger partial charge in [-0.05, 0) is 37.0 Å². The second-order valence-corrected chi connectivity index (χ2v) is 5.97. The molecule has 94 valence electrons. The van der Waals surface area contributed by atoms with Crippen LogP contribution in [0.5, 0.6) is 0 Å². The topological polar surface area (TPSA) is 49.3 Å². The highest BCUT2D eigenvalue weighted by atomic mass is 16.3. The van der Waals surface area contributed by atoms with Crippen molar-refractivity contribution in [3.63, 3.8) is 0 Å². The summed E-state index contributed by atoms with van der Waals surface area (Å²) in [7, 11) is 0. The highest BCUT2D eigenvalue weighted by Gasteiger charge is 2.30. The normalized spacial score (nSPS) is 22.8. The summed E-state index contributed by atoms with van der Waals surface area (Å²) in [6.45, 7) is 7.21. The second-order valence-electron chi connectivity index (χ2n) is 5.97. The van der Waals surface area contributed by atoms with E-state index >= 15 is 0 Å². The van der Waals surface area contributed by atoms with Gasteiger partial charge in [0.25, 0.3) is 0 Å². The van der Waals surface area contributed by atoms with Crippen LogP contribution in [0.4, 0.5) is 0 Å². The number of rotatable bonds is 4. The smallest absolute Gasteiger partial charge is 0.223 e. The van der Waals surface area contributed by atoms with Crippen LogP contribution in [0, 0.1) is 17.3 Å². The van der Waals surface area contributed by atoms with Gasteiger partial charge in [-0.25, -0.2) is 0 Å². The van der Waals surface area contributed by atoms with Gasteiger partial charge in [0, 0.05) is 19.1 Å². The minimum Gasteiger partial charge on any atom is -0.396 e. The third-order valence-corrected chi connectivity index (χ3v) is 3.65. The average molecular weight is 227 g/mol. The molecule has 3 nitrogen and oxygen atoms in total. The van der Waals surface area contributed by atoms with E-state index in [0.29, 0.717) is 12.0 Å². The predicted octanol–water partition coefficient (Wildman–Crippen LogP) is 1.95. The van der Waals surface area contributed by atoms with E-state index < -0.39 is 0 Å². The third-order valence-electron chi connectivity index (χ3n) is 3.65. The Hall–Kier alpha value is -0.570. The first-order chi connectivity index (χ1) is 7.44. The summed E-state index contributed by atoms with van der Waals surface area (Å²) in [4.78, 5) is 11.8. The molecule has 1 unspecified atom stereocenters. The number of hydrogen-bond acceptors (Lipinski definition) is 2. The largest absolute Gasteiger partial charge is 0.396 e. The van der Waals surface area contributed by atoms with Crippen LogP contribution >= 0.6 is 0 Å². The predicted molar refractivity (Wildman–Crippen MR) is 65.0 cm³/mol. The summed E-state index contributed by atoms with van der Waals surface area (Å²) in [6, 6.07) is 0. The van der Waals surface area contributed by atoms with E-state index in [0.717, 1.165) is 25.7 Å². The maximum absolute atomic E-state index is 11.8. The Morgan fingerprint density at radius 3 is 2.50 bits per heavy atom. The lowest BCUT2D eigenvalue weighted by Crippen LogP contribution is -2.37. The molecule has 16 heavy (non-hydrogen) atoms. The highest BCUT2D eigenvalue weighted by Crippen LogP contribution is 2.37. The summed E-state index contributed by atoms with van der Waals surface area (Å²) in [6.07, 6.45) is 4.29. The molecule has 1 aliphatic rings. The van der Waals surface area contributed by atoms with Gasteiger partial charge in [0.15, 0.2) is 0 Å². The molecule has 3 heteroatoms. The number of aliphatic hydroxyl groups excluding tert-OH is 1. The third kappa shape index (κ3) is 4.12. The molecule has 1 saturated carbocycles. The Morgan fingerprint density at radius 2 is 2.00 bits per heavy atom. The number of carbonyl (C=O) groups is 1. The zero-order valence-electron chi connectivity index (χ0n) is 10.8. The quantitative estimate of drug-likeness (QED) is 0.771. The Morgan fingerprint density at radius 1 is 1.44 bits per heavy atom. The summed E-state index contributed by atoms with van der Waals surface area (Å²) in [5.74, 6) is 0.527. The van der Waals surface area contributed by atoms with E-state index in [-0.39, 0.29) is 24.3 Å². The van der Waals surface area contributed by atoms with Crippen LogP contribution in [0.3, 0.4) is 0 Å². The summed E-state index contributed by atoms with van der Waals surface area (Å²) < 4.78 is 0. The fourth-order valence-corrected chi connectivity index (χ4v) is 2.15. The molecule has 0 spiro atoms. The van der Waals surface area contributed by atoms with Crippen LogP contribution < -0.4 is 5.32 Å². The monoisotopic (exact) mass is 227 g/mol. The van der Waals surface area contributed by atoms with Crippen LogP contribution in [-0.2, 0) is 4.79 Å². The Bertz CT molecular complexity index is 228. The van der Waals surface area contributed by atoms with E-state index in [2.05, 4.69) is 19.2 Å². The highest BCUT2D eigenvalue weighted by molar-refractivity contribution is 5.78. The number of aliphatic hydroxyl groups is 1. The van der Waals surface area contributed by atoms with E-state index in [9.17, 15) is 4.79 Å². The minimum absolute atomic E-state index is 0.137. The SMILES string of the molecule is CC(CO)CNC(=O)C1CCC(C)(C)CC1. The van der Waals surface area contributed by atoms with E-state index in [4.69, 9.17) is 5.11 Å².